The molecular weight excluding hydrogens is 213 g/mol. The molecule has 1 fully saturated rings. The summed E-state index contributed by atoms with van der Waals surface area (Å²) >= 11 is 5.64. The molecule has 1 aliphatic heterocycles. The van der Waals surface area contributed by atoms with E-state index in [0.717, 1.165) is 19.6 Å². The van der Waals surface area contributed by atoms with Crippen molar-refractivity contribution in [2.24, 2.45) is 0 Å². The largest absolute Gasteiger partial charge is 0.377 e. The summed E-state index contributed by atoms with van der Waals surface area (Å²) < 4.78 is 10.6. The molecule has 1 saturated heterocycles. The van der Waals surface area contributed by atoms with E-state index in [1.54, 1.807) is 14.2 Å². The average molecular weight is 230 g/mol. The molecule has 0 aromatic rings. The SMILES string of the molecule is CO[C@H]1CN(CCCl)C[C@@H]1OC.Cl. The molecule has 1 heterocycles. The van der Waals surface area contributed by atoms with Crippen LogP contribution in [0.3, 0.4) is 0 Å². The van der Waals surface area contributed by atoms with Gasteiger partial charge in [-0.15, -0.1) is 24.0 Å². The first-order chi connectivity index (χ1) is 5.81. The smallest absolute Gasteiger partial charge is 0.0971 e. The number of methoxy groups -OCH3 is 2. The Hall–Kier alpha value is 0.460. The standard InChI is InChI=1S/C8H16ClNO2.ClH/c1-11-7-5-10(4-3-9)6-8(7)12-2;/h7-8H,3-6H2,1-2H3;1H/t7-,8-;/m0./s1. The predicted molar refractivity (Wildman–Crippen MR) is 56.0 cm³/mol. The van der Waals surface area contributed by atoms with E-state index >= 15 is 0 Å². The molecule has 0 aromatic heterocycles. The number of halogens is 2. The maximum absolute atomic E-state index is 5.64. The fraction of sp³-hybridized carbons (Fsp3) is 1.00. The Morgan fingerprint density at radius 1 is 1.23 bits per heavy atom. The Bertz CT molecular complexity index is 125. The Kier molecular flexibility index (Phi) is 7.09. The number of nitrogens with zero attached hydrogens (tertiary/aromatic N) is 1. The van der Waals surface area contributed by atoms with Gasteiger partial charge in [-0.2, -0.15) is 0 Å². The third kappa shape index (κ3) is 3.60. The van der Waals surface area contributed by atoms with E-state index in [4.69, 9.17) is 21.1 Å². The monoisotopic (exact) mass is 229 g/mol. The molecule has 2 atom stereocenters. The van der Waals surface area contributed by atoms with Crippen LogP contribution in [-0.4, -0.2) is 56.8 Å². The fourth-order valence-corrected chi connectivity index (χ4v) is 1.81. The summed E-state index contributed by atoms with van der Waals surface area (Å²) in [5, 5.41) is 0. The normalized spacial score (nSPS) is 28.8. The molecule has 13 heavy (non-hydrogen) atoms. The summed E-state index contributed by atoms with van der Waals surface area (Å²) in [6.45, 7) is 2.78. The zero-order valence-corrected chi connectivity index (χ0v) is 9.61. The highest BCUT2D eigenvalue weighted by Crippen LogP contribution is 2.14. The molecule has 0 radical (unpaired) electrons. The molecule has 0 unspecified atom stereocenters. The van der Waals surface area contributed by atoms with Crippen LogP contribution in [0.4, 0.5) is 0 Å². The second kappa shape index (κ2) is 6.85. The summed E-state index contributed by atoms with van der Waals surface area (Å²) in [6.07, 6.45) is 0.413. The Morgan fingerprint density at radius 3 is 2.00 bits per heavy atom. The molecule has 1 aliphatic rings. The van der Waals surface area contributed by atoms with Gasteiger partial charge in [0.05, 0.1) is 12.2 Å². The molecule has 80 valence electrons. The molecule has 3 nitrogen and oxygen atoms in total. The third-order valence-corrected chi connectivity index (χ3v) is 2.47. The zero-order chi connectivity index (χ0) is 8.97. The molecule has 0 N–H and O–H groups in total. The Labute approximate surface area is 90.7 Å². The average Bonchev–Trinajstić information content (AvgIpc) is 2.48. The molecule has 0 aliphatic carbocycles. The van der Waals surface area contributed by atoms with E-state index in [1.807, 2.05) is 0 Å². The van der Waals surface area contributed by atoms with Crippen LogP contribution in [0.1, 0.15) is 0 Å². The van der Waals surface area contributed by atoms with Crippen LogP contribution < -0.4 is 0 Å². The Morgan fingerprint density at radius 2 is 1.69 bits per heavy atom. The first kappa shape index (κ1) is 13.5. The Balaban J connectivity index is 0.00000144. The lowest BCUT2D eigenvalue weighted by atomic mass is 10.3. The summed E-state index contributed by atoms with van der Waals surface area (Å²) in [6, 6.07) is 0. The van der Waals surface area contributed by atoms with E-state index in [0.29, 0.717) is 5.88 Å². The van der Waals surface area contributed by atoms with Gasteiger partial charge in [-0.05, 0) is 0 Å². The van der Waals surface area contributed by atoms with E-state index in [1.165, 1.54) is 0 Å². The molecule has 0 bridgehead atoms. The lowest BCUT2D eigenvalue weighted by Crippen LogP contribution is -2.27. The van der Waals surface area contributed by atoms with E-state index < -0.39 is 0 Å². The van der Waals surface area contributed by atoms with Crippen LogP contribution in [0.5, 0.6) is 0 Å². The number of alkyl halides is 1. The number of hydrogen-bond donors (Lipinski definition) is 0. The van der Waals surface area contributed by atoms with Gasteiger partial charge < -0.3 is 9.47 Å². The lowest BCUT2D eigenvalue weighted by molar-refractivity contribution is -0.00461. The van der Waals surface area contributed by atoms with Crippen molar-refractivity contribution in [1.82, 2.24) is 4.90 Å². The van der Waals surface area contributed by atoms with Crippen molar-refractivity contribution in [1.29, 1.82) is 0 Å². The summed E-state index contributed by atoms with van der Waals surface area (Å²) in [5.74, 6) is 0.673. The number of hydrogen-bond acceptors (Lipinski definition) is 3. The minimum absolute atomic E-state index is 0. The molecule has 1 rings (SSSR count). The van der Waals surface area contributed by atoms with Crippen molar-refractivity contribution in [3.63, 3.8) is 0 Å². The fourth-order valence-electron chi connectivity index (χ4n) is 1.57. The first-order valence-corrected chi connectivity index (χ1v) is 4.69. The van der Waals surface area contributed by atoms with Crippen LogP contribution in [0, 0.1) is 0 Å². The van der Waals surface area contributed by atoms with Gasteiger partial charge >= 0.3 is 0 Å². The van der Waals surface area contributed by atoms with Crippen molar-refractivity contribution in [3.05, 3.63) is 0 Å². The highest BCUT2D eigenvalue weighted by Gasteiger charge is 2.32. The van der Waals surface area contributed by atoms with Gasteiger partial charge in [0.2, 0.25) is 0 Å². The van der Waals surface area contributed by atoms with Gasteiger partial charge in [-0.1, -0.05) is 0 Å². The minimum atomic E-state index is 0. The molecule has 0 saturated carbocycles. The van der Waals surface area contributed by atoms with Gasteiger partial charge in [-0.3, -0.25) is 4.90 Å². The molecule has 5 heteroatoms. The van der Waals surface area contributed by atoms with Crippen molar-refractivity contribution in [3.8, 4) is 0 Å². The molecule has 0 aromatic carbocycles. The van der Waals surface area contributed by atoms with Gasteiger partial charge in [0.1, 0.15) is 0 Å². The van der Waals surface area contributed by atoms with Crippen LogP contribution in [0.15, 0.2) is 0 Å². The van der Waals surface area contributed by atoms with Crippen molar-refractivity contribution in [2.45, 2.75) is 12.2 Å². The van der Waals surface area contributed by atoms with E-state index in [-0.39, 0.29) is 24.6 Å². The zero-order valence-electron chi connectivity index (χ0n) is 8.03. The second-order valence-electron chi connectivity index (χ2n) is 3.00. The lowest BCUT2D eigenvalue weighted by Gasteiger charge is -2.13. The number of ether oxygens (including phenoxy) is 2. The predicted octanol–water partition coefficient (Wildman–Crippen LogP) is 0.993. The summed E-state index contributed by atoms with van der Waals surface area (Å²) in [4.78, 5) is 2.26. The second-order valence-corrected chi connectivity index (χ2v) is 3.37. The van der Waals surface area contributed by atoms with Gasteiger partial charge in [0.25, 0.3) is 0 Å². The van der Waals surface area contributed by atoms with Crippen molar-refractivity contribution >= 4 is 24.0 Å². The topological polar surface area (TPSA) is 21.7 Å². The summed E-state index contributed by atoms with van der Waals surface area (Å²) in [5.41, 5.74) is 0. The highest BCUT2D eigenvalue weighted by atomic mass is 35.5. The quantitative estimate of drug-likeness (QED) is 0.672. The van der Waals surface area contributed by atoms with E-state index in [2.05, 4.69) is 4.90 Å². The summed E-state index contributed by atoms with van der Waals surface area (Å²) in [7, 11) is 3.45. The maximum atomic E-state index is 5.64. The van der Waals surface area contributed by atoms with Crippen LogP contribution in [-0.2, 0) is 9.47 Å². The molecular formula is C8H17Cl2NO2. The van der Waals surface area contributed by atoms with Crippen LogP contribution in [0.2, 0.25) is 0 Å². The highest BCUT2D eigenvalue weighted by molar-refractivity contribution is 6.18. The van der Waals surface area contributed by atoms with Crippen LogP contribution >= 0.6 is 24.0 Å². The first-order valence-electron chi connectivity index (χ1n) is 4.15. The number of rotatable bonds is 4. The maximum Gasteiger partial charge on any atom is 0.0971 e. The molecule has 0 amide bonds. The van der Waals surface area contributed by atoms with Gasteiger partial charge in [-0.25, -0.2) is 0 Å². The van der Waals surface area contributed by atoms with Gasteiger partial charge in [0, 0.05) is 39.7 Å². The third-order valence-electron chi connectivity index (χ3n) is 2.30. The van der Waals surface area contributed by atoms with E-state index in [9.17, 15) is 0 Å². The van der Waals surface area contributed by atoms with Crippen LogP contribution in [0.25, 0.3) is 0 Å². The van der Waals surface area contributed by atoms with Crippen molar-refractivity contribution < 1.29 is 9.47 Å². The molecule has 0 spiro atoms. The number of likely N-dealkylation sites (tertiary alicyclic amines) is 1. The van der Waals surface area contributed by atoms with Crippen molar-refractivity contribution in [2.75, 3.05) is 39.7 Å². The van der Waals surface area contributed by atoms with Gasteiger partial charge in [0.15, 0.2) is 0 Å². The minimum Gasteiger partial charge on any atom is -0.377 e.